The van der Waals surface area contributed by atoms with Crippen molar-refractivity contribution in [3.63, 3.8) is 0 Å². The van der Waals surface area contributed by atoms with Crippen LogP contribution in [-0.2, 0) is 6.54 Å². The number of nitrogens with zero attached hydrogens (tertiary/aromatic N) is 3. The summed E-state index contributed by atoms with van der Waals surface area (Å²) in [6.07, 6.45) is 4.38. The first-order valence-electron chi connectivity index (χ1n) is 9.84. The lowest BCUT2D eigenvalue weighted by atomic mass is 10.1. The highest BCUT2D eigenvalue weighted by Crippen LogP contribution is 2.41. The Balaban J connectivity index is 1.50. The number of halogens is 1. The third-order valence-electron chi connectivity index (χ3n) is 5.64. The van der Waals surface area contributed by atoms with Crippen molar-refractivity contribution in [1.82, 2.24) is 14.9 Å². The van der Waals surface area contributed by atoms with Crippen molar-refractivity contribution in [2.45, 2.75) is 58.0 Å². The molecule has 2 saturated carbocycles. The average molecular weight is 396 g/mol. The van der Waals surface area contributed by atoms with Crippen LogP contribution in [-0.4, -0.2) is 26.8 Å². The topological polar surface area (TPSA) is 46.1 Å². The van der Waals surface area contributed by atoms with Crippen LogP contribution in [0.3, 0.4) is 0 Å². The molecule has 0 atom stereocenters. The third-order valence-corrected chi connectivity index (χ3v) is 6.81. The van der Waals surface area contributed by atoms with E-state index in [1.54, 1.807) is 12.1 Å². The first-order chi connectivity index (χ1) is 13.5. The standard InChI is InChI=1S/C22H22FN3OS/c1-12-18-13(2)24-20(15-5-6-15)25-21(18)28-19(12)22(27)26(17-9-10-17)11-14-3-7-16(23)8-4-14/h3-4,7-8,15,17H,5-6,9-11H2,1-2H3. The number of hydrogen-bond donors (Lipinski definition) is 0. The van der Waals surface area contributed by atoms with Gasteiger partial charge in [-0.25, -0.2) is 14.4 Å². The van der Waals surface area contributed by atoms with Crippen molar-refractivity contribution in [2.24, 2.45) is 0 Å². The van der Waals surface area contributed by atoms with Crippen LogP contribution in [0.4, 0.5) is 4.39 Å². The number of aryl methyl sites for hydroxylation is 2. The van der Waals surface area contributed by atoms with E-state index >= 15 is 0 Å². The number of hydrogen-bond acceptors (Lipinski definition) is 4. The van der Waals surface area contributed by atoms with E-state index in [0.29, 0.717) is 12.5 Å². The van der Waals surface area contributed by atoms with Gasteiger partial charge >= 0.3 is 0 Å². The number of fused-ring (bicyclic) bond motifs is 1. The molecule has 0 unspecified atom stereocenters. The first-order valence-corrected chi connectivity index (χ1v) is 10.7. The molecular weight excluding hydrogens is 373 g/mol. The number of thiophene rings is 1. The Hall–Kier alpha value is -2.34. The summed E-state index contributed by atoms with van der Waals surface area (Å²) >= 11 is 1.49. The molecule has 1 amide bonds. The van der Waals surface area contributed by atoms with Crippen molar-refractivity contribution in [2.75, 3.05) is 0 Å². The number of rotatable bonds is 5. The van der Waals surface area contributed by atoms with Gasteiger partial charge < -0.3 is 4.90 Å². The molecule has 5 rings (SSSR count). The number of carbonyl (C=O) groups excluding carboxylic acids is 1. The third kappa shape index (κ3) is 3.20. The maximum Gasteiger partial charge on any atom is 0.264 e. The second kappa shape index (κ2) is 6.62. The average Bonchev–Trinajstić information content (AvgIpc) is 3.58. The molecule has 0 aliphatic heterocycles. The largest absolute Gasteiger partial charge is 0.331 e. The van der Waals surface area contributed by atoms with Gasteiger partial charge in [0.2, 0.25) is 0 Å². The molecule has 0 N–H and O–H groups in total. The van der Waals surface area contributed by atoms with E-state index in [4.69, 9.17) is 9.97 Å². The zero-order valence-corrected chi connectivity index (χ0v) is 16.9. The number of benzene rings is 1. The summed E-state index contributed by atoms with van der Waals surface area (Å²) in [7, 11) is 0. The van der Waals surface area contributed by atoms with E-state index in [-0.39, 0.29) is 17.8 Å². The Morgan fingerprint density at radius 3 is 2.50 bits per heavy atom. The van der Waals surface area contributed by atoms with E-state index in [0.717, 1.165) is 63.4 Å². The highest BCUT2D eigenvalue weighted by molar-refractivity contribution is 7.20. The highest BCUT2D eigenvalue weighted by atomic mass is 32.1. The summed E-state index contributed by atoms with van der Waals surface area (Å²) in [6, 6.07) is 6.69. The number of amides is 1. The van der Waals surface area contributed by atoms with Gasteiger partial charge in [0.1, 0.15) is 16.5 Å². The molecule has 0 spiro atoms. The predicted octanol–water partition coefficient (Wildman–Crippen LogP) is 5.13. The zero-order chi connectivity index (χ0) is 19.4. The Labute approximate surface area is 167 Å². The Morgan fingerprint density at radius 2 is 1.86 bits per heavy atom. The van der Waals surface area contributed by atoms with E-state index in [1.807, 2.05) is 18.7 Å². The second-order valence-electron chi connectivity index (χ2n) is 7.97. The molecule has 2 heterocycles. The first kappa shape index (κ1) is 17.7. The van der Waals surface area contributed by atoms with Gasteiger partial charge in [-0.3, -0.25) is 4.79 Å². The smallest absolute Gasteiger partial charge is 0.264 e. The summed E-state index contributed by atoms with van der Waals surface area (Å²) in [5.74, 6) is 1.22. The van der Waals surface area contributed by atoms with Gasteiger partial charge in [0.25, 0.3) is 5.91 Å². The van der Waals surface area contributed by atoms with E-state index < -0.39 is 0 Å². The molecule has 2 aliphatic carbocycles. The summed E-state index contributed by atoms with van der Waals surface area (Å²) in [5.41, 5.74) is 2.90. The van der Waals surface area contributed by atoms with Crippen LogP contribution in [0.25, 0.3) is 10.2 Å². The van der Waals surface area contributed by atoms with E-state index in [1.165, 1.54) is 23.5 Å². The van der Waals surface area contributed by atoms with E-state index in [2.05, 4.69) is 0 Å². The Morgan fingerprint density at radius 1 is 1.14 bits per heavy atom. The molecule has 144 valence electrons. The molecule has 1 aromatic carbocycles. The van der Waals surface area contributed by atoms with Crippen LogP contribution in [0.2, 0.25) is 0 Å². The fourth-order valence-corrected chi connectivity index (χ4v) is 4.95. The predicted molar refractivity (Wildman–Crippen MR) is 108 cm³/mol. The molecule has 3 aromatic rings. The summed E-state index contributed by atoms with van der Waals surface area (Å²) in [6.45, 7) is 4.53. The summed E-state index contributed by atoms with van der Waals surface area (Å²) in [4.78, 5) is 26.5. The van der Waals surface area contributed by atoms with Crippen LogP contribution in [0.15, 0.2) is 24.3 Å². The molecule has 28 heavy (non-hydrogen) atoms. The summed E-state index contributed by atoms with van der Waals surface area (Å²) in [5, 5.41) is 1.02. The zero-order valence-electron chi connectivity index (χ0n) is 16.0. The highest BCUT2D eigenvalue weighted by Gasteiger charge is 2.35. The lowest BCUT2D eigenvalue weighted by Crippen LogP contribution is -2.32. The van der Waals surface area contributed by atoms with Crippen LogP contribution in [0, 0.1) is 19.7 Å². The lowest BCUT2D eigenvalue weighted by molar-refractivity contribution is 0.0734. The number of aromatic nitrogens is 2. The molecule has 0 radical (unpaired) electrons. The van der Waals surface area contributed by atoms with Gasteiger partial charge in [-0.05, 0) is 62.8 Å². The van der Waals surface area contributed by atoms with Gasteiger partial charge in [0.05, 0.1) is 10.6 Å². The molecule has 2 aliphatic rings. The van der Waals surface area contributed by atoms with Crippen molar-refractivity contribution in [1.29, 1.82) is 0 Å². The van der Waals surface area contributed by atoms with Gasteiger partial charge in [-0.15, -0.1) is 11.3 Å². The van der Waals surface area contributed by atoms with Crippen LogP contribution in [0.5, 0.6) is 0 Å². The molecule has 2 fully saturated rings. The van der Waals surface area contributed by atoms with Crippen LogP contribution < -0.4 is 0 Å². The minimum absolute atomic E-state index is 0.0553. The normalized spacial score (nSPS) is 16.5. The molecular formula is C22H22FN3OS. The molecule has 2 aromatic heterocycles. The quantitative estimate of drug-likeness (QED) is 0.602. The van der Waals surface area contributed by atoms with Crippen LogP contribution in [0.1, 0.15) is 63.9 Å². The number of carbonyl (C=O) groups is 1. The molecule has 0 saturated heterocycles. The van der Waals surface area contributed by atoms with Gasteiger partial charge in [0.15, 0.2) is 0 Å². The second-order valence-corrected chi connectivity index (χ2v) is 8.97. The summed E-state index contributed by atoms with van der Waals surface area (Å²) < 4.78 is 13.2. The fourth-order valence-electron chi connectivity index (χ4n) is 3.76. The fraction of sp³-hybridized carbons (Fsp3) is 0.409. The minimum atomic E-state index is -0.256. The van der Waals surface area contributed by atoms with E-state index in [9.17, 15) is 9.18 Å². The van der Waals surface area contributed by atoms with Crippen molar-refractivity contribution in [3.05, 3.63) is 57.6 Å². The molecule has 6 heteroatoms. The maximum absolute atomic E-state index is 13.4. The Kier molecular flexibility index (Phi) is 4.19. The Bertz CT molecular complexity index is 1070. The maximum atomic E-state index is 13.4. The lowest BCUT2D eigenvalue weighted by Gasteiger charge is -2.22. The van der Waals surface area contributed by atoms with Crippen LogP contribution >= 0.6 is 11.3 Å². The van der Waals surface area contributed by atoms with Gasteiger partial charge in [-0.2, -0.15) is 0 Å². The van der Waals surface area contributed by atoms with Gasteiger partial charge in [-0.1, -0.05) is 12.1 Å². The molecule has 4 nitrogen and oxygen atoms in total. The SMILES string of the molecule is Cc1nc(C2CC2)nc2sc(C(=O)N(Cc3ccc(F)cc3)C3CC3)c(C)c12. The minimum Gasteiger partial charge on any atom is -0.331 e. The monoisotopic (exact) mass is 395 g/mol. The van der Waals surface area contributed by atoms with Gasteiger partial charge in [0, 0.05) is 23.9 Å². The van der Waals surface area contributed by atoms with Crippen molar-refractivity contribution >= 4 is 27.5 Å². The van der Waals surface area contributed by atoms with Crippen molar-refractivity contribution < 1.29 is 9.18 Å². The van der Waals surface area contributed by atoms with Crippen molar-refractivity contribution in [3.8, 4) is 0 Å². The molecule has 0 bridgehead atoms.